The Morgan fingerprint density at radius 2 is 1.60 bits per heavy atom. The lowest BCUT2D eigenvalue weighted by molar-refractivity contribution is 0.137. The SMILES string of the molecule is CC1CN(CC2CCCCC2)CC(C)N1. The summed E-state index contributed by atoms with van der Waals surface area (Å²) in [4.78, 5) is 2.68. The van der Waals surface area contributed by atoms with Gasteiger partial charge >= 0.3 is 0 Å². The van der Waals surface area contributed by atoms with Crippen molar-refractivity contribution >= 4 is 0 Å². The predicted octanol–water partition coefficient (Wildman–Crippen LogP) is 2.25. The van der Waals surface area contributed by atoms with E-state index in [1.165, 1.54) is 51.7 Å². The number of hydrogen-bond acceptors (Lipinski definition) is 2. The second-order valence-electron chi connectivity index (χ2n) is 5.69. The van der Waals surface area contributed by atoms with Gasteiger partial charge in [0.2, 0.25) is 0 Å². The van der Waals surface area contributed by atoms with Crippen LogP contribution in [-0.4, -0.2) is 36.6 Å². The molecule has 0 bridgehead atoms. The van der Waals surface area contributed by atoms with Gasteiger partial charge in [0, 0.05) is 31.7 Å². The average molecular weight is 210 g/mol. The van der Waals surface area contributed by atoms with E-state index in [2.05, 4.69) is 24.1 Å². The van der Waals surface area contributed by atoms with Gasteiger partial charge in [0.05, 0.1) is 0 Å². The molecule has 0 spiro atoms. The smallest absolute Gasteiger partial charge is 0.0169 e. The highest BCUT2D eigenvalue weighted by Crippen LogP contribution is 2.24. The minimum atomic E-state index is 0.678. The van der Waals surface area contributed by atoms with E-state index in [0.717, 1.165) is 5.92 Å². The summed E-state index contributed by atoms with van der Waals surface area (Å²) in [5.41, 5.74) is 0. The first-order valence-corrected chi connectivity index (χ1v) is 6.72. The molecular weight excluding hydrogens is 184 g/mol. The zero-order valence-electron chi connectivity index (χ0n) is 10.3. The van der Waals surface area contributed by atoms with Crippen molar-refractivity contribution in [1.29, 1.82) is 0 Å². The van der Waals surface area contributed by atoms with E-state index in [0.29, 0.717) is 12.1 Å². The molecule has 2 atom stereocenters. The Morgan fingerprint density at radius 1 is 1.00 bits per heavy atom. The molecule has 0 aromatic rings. The standard InChI is InChI=1S/C13H26N2/c1-11-8-15(9-12(2)14-11)10-13-6-4-3-5-7-13/h11-14H,3-10H2,1-2H3. The van der Waals surface area contributed by atoms with Crippen molar-refractivity contribution in [3.63, 3.8) is 0 Å². The van der Waals surface area contributed by atoms with Crippen molar-refractivity contribution in [2.75, 3.05) is 19.6 Å². The van der Waals surface area contributed by atoms with Crippen LogP contribution in [0, 0.1) is 5.92 Å². The van der Waals surface area contributed by atoms with Crippen LogP contribution in [-0.2, 0) is 0 Å². The van der Waals surface area contributed by atoms with Gasteiger partial charge in [-0.15, -0.1) is 0 Å². The van der Waals surface area contributed by atoms with E-state index in [9.17, 15) is 0 Å². The molecule has 1 aliphatic heterocycles. The van der Waals surface area contributed by atoms with Crippen molar-refractivity contribution in [3.8, 4) is 0 Å². The van der Waals surface area contributed by atoms with E-state index in [4.69, 9.17) is 0 Å². The van der Waals surface area contributed by atoms with Crippen molar-refractivity contribution in [2.45, 2.75) is 58.0 Å². The maximum atomic E-state index is 3.60. The highest BCUT2D eigenvalue weighted by atomic mass is 15.2. The van der Waals surface area contributed by atoms with Crippen LogP contribution >= 0.6 is 0 Å². The fraction of sp³-hybridized carbons (Fsp3) is 1.00. The maximum Gasteiger partial charge on any atom is 0.0169 e. The number of hydrogen-bond donors (Lipinski definition) is 1. The van der Waals surface area contributed by atoms with Crippen molar-refractivity contribution in [2.24, 2.45) is 5.92 Å². The van der Waals surface area contributed by atoms with Crippen LogP contribution in [0.5, 0.6) is 0 Å². The van der Waals surface area contributed by atoms with Gasteiger partial charge in [-0.05, 0) is 32.6 Å². The van der Waals surface area contributed by atoms with Gasteiger partial charge in [0.25, 0.3) is 0 Å². The third kappa shape index (κ3) is 3.46. The molecule has 1 saturated carbocycles. The van der Waals surface area contributed by atoms with Gasteiger partial charge in [0.15, 0.2) is 0 Å². The fourth-order valence-corrected chi connectivity index (χ4v) is 3.32. The van der Waals surface area contributed by atoms with Crippen molar-refractivity contribution in [1.82, 2.24) is 10.2 Å². The zero-order valence-corrected chi connectivity index (χ0v) is 10.3. The van der Waals surface area contributed by atoms with Crippen LogP contribution in [0.15, 0.2) is 0 Å². The lowest BCUT2D eigenvalue weighted by Gasteiger charge is -2.38. The number of nitrogens with one attached hydrogen (secondary N) is 1. The average Bonchev–Trinajstić information content (AvgIpc) is 2.17. The summed E-state index contributed by atoms with van der Waals surface area (Å²) in [5.74, 6) is 0.997. The molecule has 0 aromatic heterocycles. The quantitative estimate of drug-likeness (QED) is 0.752. The molecule has 0 aromatic carbocycles. The Morgan fingerprint density at radius 3 is 2.20 bits per heavy atom. The van der Waals surface area contributed by atoms with Crippen LogP contribution in [0.3, 0.4) is 0 Å². The Balaban J connectivity index is 1.77. The Bertz CT molecular complexity index is 177. The van der Waals surface area contributed by atoms with Crippen LogP contribution in [0.2, 0.25) is 0 Å². The third-order valence-corrected chi connectivity index (χ3v) is 3.87. The van der Waals surface area contributed by atoms with Crippen molar-refractivity contribution < 1.29 is 0 Å². The van der Waals surface area contributed by atoms with Gasteiger partial charge in [-0.2, -0.15) is 0 Å². The summed E-state index contributed by atoms with van der Waals surface area (Å²) in [6.45, 7) is 8.48. The maximum absolute atomic E-state index is 3.60. The molecule has 2 nitrogen and oxygen atoms in total. The zero-order chi connectivity index (χ0) is 10.7. The van der Waals surface area contributed by atoms with E-state index in [-0.39, 0.29) is 0 Å². The second-order valence-corrected chi connectivity index (χ2v) is 5.69. The Labute approximate surface area is 94.4 Å². The largest absolute Gasteiger partial charge is 0.309 e. The van der Waals surface area contributed by atoms with E-state index in [1.54, 1.807) is 0 Å². The summed E-state index contributed by atoms with van der Waals surface area (Å²) < 4.78 is 0. The summed E-state index contributed by atoms with van der Waals surface area (Å²) in [5, 5.41) is 3.60. The third-order valence-electron chi connectivity index (χ3n) is 3.87. The summed E-state index contributed by atoms with van der Waals surface area (Å²) in [6, 6.07) is 1.36. The normalized spacial score (nSPS) is 35.6. The van der Waals surface area contributed by atoms with Gasteiger partial charge in [-0.25, -0.2) is 0 Å². The van der Waals surface area contributed by atoms with Crippen LogP contribution in [0.4, 0.5) is 0 Å². The Hall–Kier alpha value is -0.0800. The molecule has 1 N–H and O–H groups in total. The molecule has 0 amide bonds. The number of nitrogens with zero attached hydrogens (tertiary/aromatic N) is 1. The van der Waals surface area contributed by atoms with E-state index < -0.39 is 0 Å². The molecule has 88 valence electrons. The molecule has 0 radical (unpaired) electrons. The molecule has 2 aliphatic rings. The minimum Gasteiger partial charge on any atom is -0.309 e. The van der Waals surface area contributed by atoms with E-state index >= 15 is 0 Å². The first kappa shape index (κ1) is 11.4. The molecule has 1 heterocycles. The van der Waals surface area contributed by atoms with Gasteiger partial charge in [-0.1, -0.05) is 19.3 Å². The molecule has 2 heteroatoms. The van der Waals surface area contributed by atoms with Crippen molar-refractivity contribution in [3.05, 3.63) is 0 Å². The monoisotopic (exact) mass is 210 g/mol. The molecule has 1 saturated heterocycles. The lowest BCUT2D eigenvalue weighted by Crippen LogP contribution is -2.55. The molecule has 2 unspecified atom stereocenters. The molecule has 15 heavy (non-hydrogen) atoms. The van der Waals surface area contributed by atoms with Gasteiger partial charge in [-0.3, -0.25) is 4.90 Å². The molecule has 2 fully saturated rings. The second kappa shape index (κ2) is 5.31. The van der Waals surface area contributed by atoms with Gasteiger partial charge < -0.3 is 5.32 Å². The molecule has 1 aliphatic carbocycles. The first-order chi connectivity index (χ1) is 7.24. The summed E-state index contributed by atoms with van der Waals surface area (Å²) in [7, 11) is 0. The van der Waals surface area contributed by atoms with E-state index in [1.807, 2.05) is 0 Å². The lowest BCUT2D eigenvalue weighted by atomic mass is 9.88. The molecular formula is C13H26N2. The predicted molar refractivity (Wildman–Crippen MR) is 65.1 cm³/mol. The minimum absolute atomic E-state index is 0.678. The first-order valence-electron chi connectivity index (χ1n) is 6.72. The highest BCUT2D eigenvalue weighted by molar-refractivity contribution is 4.82. The highest BCUT2D eigenvalue weighted by Gasteiger charge is 2.23. The number of piperazine rings is 1. The molecule has 2 rings (SSSR count). The topological polar surface area (TPSA) is 15.3 Å². The van der Waals surface area contributed by atoms with Crippen LogP contribution < -0.4 is 5.32 Å². The van der Waals surface area contributed by atoms with Gasteiger partial charge in [0.1, 0.15) is 0 Å². The summed E-state index contributed by atoms with van der Waals surface area (Å²) in [6.07, 6.45) is 7.38. The Kier molecular flexibility index (Phi) is 4.04. The van der Waals surface area contributed by atoms with Crippen LogP contribution in [0.1, 0.15) is 46.0 Å². The van der Waals surface area contributed by atoms with Crippen LogP contribution in [0.25, 0.3) is 0 Å². The number of rotatable bonds is 2. The fourth-order valence-electron chi connectivity index (χ4n) is 3.32. The summed E-state index contributed by atoms with van der Waals surface area (Å²) >= 11 is 0.